The van der Waals surface area contributed by atoms with Crippen LogP contribution in [0.25, 0.3) is 0 Å². The molecule has 0 aromatic carbocycles. The summed E-state index contributed by atoms with van der Waals surface area (Å²) in [7, 11) is -3.33. The summed E-state index contributed by atoms with van der Waals surface area (Å²) in [6.07, 6.45) is 23.0. The van der Waals surface area contributed by atoms with Gasteiger partial charge in [-0.25, -0.2) is 0 Å². The van der Waals surface area contributed by atoms with E-state index in [9.17, 15) is 9.36 Å². The van der Waals surface area contributed by atoms with Crippen LogP contribution in [0.3, 0.4) is 0 Å². The zero-order valence-electron chi connectivity index (χ0n) is 21.5. The zero-order chi connectivity index (χ0) is 23.9. The molecule has 0 fully saturated rings. The number of carbonyl (C=O) groups is 1. The van der Waals surface area contributed by atoms with Gasteiger partial charge >= 0.3 is 7.60 Å². The van der Waals surface area contributed by atoms with E-state index < -0.39 is 7.60 Å². The highest BCUT2D eigenvalue weighted by atomic mass is 31.2. The first kappa shape index (κ1) is 31.6. The molecular formula is C26H54NO4P. The van der Waals surface area contributed by atoms with E-state index in [-0.39, 0.29) is 5.91 Å². The maximum Gasteiger partial charge on any atom is 0.325 e. The van der Waals surface area contributed by atoms with Crippen LogP contribution in [0.2, 0.25) is 0 Å². The summed E-state index contributed by atoms with van der Waals surface area (Å²) in [5.74, 6) is 1.03. The van der Waals surface area contributed by atoms with E-state index >= 15 is 0 Å². The Morgan fingerprint density at radius 3 is 1.69 bits per heavy atom. The monoisotopic (exact) mass is 475 g/mol. The van der Waals surface area contributed by atoms with Gasteiger partial charge in [0.1, 0.15) is 0 Å². The Labute approximate surface area is 199 Å². The normalized spacial score (nSPS) is 13.4. The second-order valence-electron chi connectivity index (χ2n) is 9.93. The molecule has 0 aromatic heterocycles. The summed E-state index contributed by atoms with van der Waals surface area (Å²) in [4.78, 5) is 20.9. The lowest BCUT2D eigenvalue weighted by molar-refractivity contribution is -0.121. The molecule has 6 heteroatoms. The molecule has 0 aromatic rings. The molecule has 0 saturated carbocycles. The van der Waals surface area contributed by atoms with Gasteiger partial charge in [-0.1, -0.05) is 110 Å². The summed E-state index contributed by atoms with van der Waals surface area (Å²) in [6, 6.07) is 0. The van der Waals surface area contributed by atoms with Crippen molar-refractivity contribution in [3.63, 3.8) is 0 Å². The quantitative estimate of drug-likeness (QED) is 0.109. The van der Waals surface area contributed by atoms with Gasteiger partial charge in [-0.3, -0.25) is 9.36 Å². The number of unbranched alkanes of at least 4 members (excludes halogenated alkanes) is 15. The number of amides is 1. The molecule has 2 N–H and O–H groups in total. The first-order valence-corrected chi connectivity index (χ1v) is 15.5. The fraction of sp³-hybridized carbons (Fsp3) is 0.962. The van der Waals surface area contributed by atoms with Crippen molar-refractivity contribution >= 4 is 13.5 Å². The molecule has 0 aliphatic heterocycles. The van der Waals surface area contributed by atoms with E-state index in [1.165, 1.54) is 83.7 Å². The van der Waals surface area contributed by atoms with E-state index in [1.54, 1.807) is 0 Å². The van der Waals surface area contributed by atoms with Gasteiger partial charge < -0.3 is 14.7 Å². The molecule has 1 amide bonds. The SMILES string of the molecule is CC(C)CCCCCCCCCCCCCCCC(=O)NCCCCCCOP(C)(=O)O. The second-order valence-corrected chi connectivity index (χ2v) is 11.8. The Kier molecular flexibility index (Phi) is 22.1. The van der Waals surface area contributed by atoms with Crippen molar-refractivity contribution in [3.05, 3.63) is 0 Å². The lowest BCUT2D eigenvalue weighted by atomic mass is 10.0. The van der Waals surface area contributed by atoms with E-state index in [2.05, 4.69) is 19.2 Å². The van der Waals surface area contributed by atoms with E-state index in [0.29, 0.717) is 13.0 Å². The van der Waals surface area contributed by atoms with Gasteiger partial charge in [0.15, 0.2) is 0 Å². The maximum absolute atomic E-state index is 11.8. The van der Waals surface area contributed by atoms with Crippen LogP contribution in [0.1, 0.15) is 136 Å². The molecule has 0 rings (SSSR count). The predicted octanol–water partition coefficient (Wildman–Crippen LogP) is 8.00. The third-order valence-corrected chi connectivity index (χ3v) is 6.57. The smallest absolute Gasteiger partial charge is 0.325 e. The number of hydrogen-bond acceptors (Lipinski definition) is 3. The maximum atomic E-state index is 11.8. The van der Waals surface area contributed by atoms with Crippen molar-refractivity contribution < 1.29 is 18.8 Å². The molecule has 1 atom stereocenters. The summed E-state index contributed by atoms with van der Waals surface area (Å²) < 4.78 is 15.8. The molecule has 0 aliphatic rings. The molecule has 5 nitrogen and oxygen atoms in total. The predicted molar refractivity (Wildman–Crippen MR) is 137 cm³/mol. The minimum Gasteiger partial charge on any atom is -0.356 e. The Bertz CT molecular complexity index is 465. The second kappa shape index (κ2) is 22.4. The average molecular weight is 476 g/mol. The zero-order valence-corrected chi connectivity index (χ0v) is 22.4. The lowest BCUT2D eigenvalue weighted by Crippen LogP contribution is -2.23. The molecule has 192 valence electrons. The number of nitrogens with one attached hydrogen (secondary N) is 1. The molecule has 1 unspecified atom stereocenters. The summed E-state index contributed by atoms with van der Waals surface area (Å²) in [6.45, 7) is 6.90. The molecule has 0 bridgehead atoms. The summed E-state index contributed by atoms with van der Waals surface area (Å²) >= 11 is 0. The van der Waals surface area contributed by atoms with Crippen molar-refractivity contribution in [1.82, 2.24) is 5.32 Å². The Balaban J connectivity index is 3.19. The molecule has 0 saturated heterocycles. The Morgan fingerprint density at radius 1 is 0.750 bits per heavy atom. The highest BCUT2D eigenvalue weighted by molar-refractivity contribution is 7.51. The highest BCUT2D eigenvalue weighted by Gasteiger charge is 2.08. The van der Waals surface area contributed by atoms with Crippen LogP contribution < -0.4 is 5.32 Å². The van der Waals surface area contributed by atoms with Gasteiger partial charge in [0.05, 0.1) is 6.61 Å². The van der Waals surface area contributed by atoms with Crippen molar-refractivity contribution in [3.8, 4) is 0 Å². The van der Waals surface area contributed by atoms with Gasteiger partial charge in [-0.05, 0) is 25.2 Å². The number of carbonyl (C=O) groups excluding carboxylic acids is 1. The Morgan fingerprint density at radius 2 is 1.19 bits per heavy atom. The third kappa shape index (κ3) is 27.7. The van der Waals surface area contributed by atoms with Crippen LogP contribution in [-0.2, 0) is 13.9 Å². The number of rotatable bonds is 24. The van der Waals surface area contributed by atoms with Crippen molar-refractivity contribution in [2.45, 2.75) is 136 Å². The van der Waals surface area contributed by atoms with Gasteiger partial charge in [0.2, 0.25) is 5.91 Å². The van der Waals surface area contributed by atoms with Crippen LogP contribution in [0.4, 0.5) is 0 Å². The van der Waals surface area contributed by atoms with Crippen LogP contribution >= 0.6 is 7.60 Å². The van der Waals surface area contributed by atoms with Crippen LogP contribution in [0.15, 0.2) is 0 Å². The molecule has 0 spiro atoms. The minimum atomic E-state index is -3.33. The van der Waals surface area contributed by atoms with Crippen molar-refractivity contribution in [1.29, 1.82) is 0 Å². The van der Waals surface area contributed by atoms with Gasteiger partial charge in [0, 0.05) is 19.6 Å². The highest BCUT2D eigenvalue weighted by Crippen LogP contribution is 2.36. The van der Waals surface area contributed by atoms with E-state index in [1.807, 2.05) is 0 Å². The molecule has 0 aliphatic carbocycles. The van der Waals surface area contributed by atoms with Crippen molar-refractivity contribution in [2.75, 3.05) is 19.8 Å². The van der Waals surface area contributed by atoms with E-state index in [4.69, 9.17) is 9.42 Å². The number of hydrogen-bond donors (Lipinski definition) is 2. The van der Waals surface area contributed by atoms with Crippen LogP contribution in [0.5, 0.6) is 0 Å². The fourth-order valence-corrected chi connectivity index (χ4v) is 4.38. The average Bonchev–Trinajstić information content (AvgIpc) is 2.71. The Hall–Kier alpha value is -0.380. The van der Waals surface area contributed by atoms with Crippen molar-refractivity contribution in [2.24, 2.45) is 5.92 Å². The van der Waals surface area contributed by atoms with Crippen LogP contribution in [-0.4, -0.2) is 30.6 Å². The molecular weight excluding hydrogens is 421 g/mol. The largest absolute Gasteiger partial charge is 0.356 e. The first-order chi connectivity index (χ1) is 15.3. The molecule has 0 radical (unpaired) electrons. The van der Waals surface area contributed by atoms with Crippen LogP contribution in [0, 0.1) is 5.92 Å². The molecule has 32 heavy (non-hydrogen) atoms. The molecule has 0 heterocycles. The van der Waals surface area contributed by atoms with Gasteiger partial charge in [-0.2, -0.15) is 0 Å². The summed E-state index contributed by atoms with van der Waals surface area (Å²) in [5.41, 5.74) is 0. The first-order valence-electron chi connectivity index (χ1n) is 13.5. The lowest BCUT2D eigenvalue weighted by Gasteiger charge is -2.07. The fourth-order valence-electron chi connectivity index (χ4n) is 3.91. The third-order valence-electron chi connectivity index (χ3n) is 5.91. The van der Waals surface area contributed by atoms with E-state index in [0.717, 1.165) is 51.0 Å². The standard InChI is InChI=1S/C26H54NO4P/c1-25(2)21-17-13-11-9-7-5-4-6-8-10-12-14-18-22-26(28)27-23-19-15-16-20-24-31-32(3,29)30/h25H,4-24H2,1-3H3,(H,27,28)(H,29,30). The van der Waals surface area contributed by atoms with Gasteiger partial charge in [-0.15, -0.1) is 0 Å². The van der Waals surface area contributed by atoms with Gasteiger partial charge in [0.25, 0.3) is 0 Å². The minimum absolute atomic E-state index is 0.171. The topological polar surface area (TPSA) is 75.6 Å². The summed E-state index contributed by atoms with van der Waals surface area (Å²) in [5, 5.41) is 2.99.